The minimum absolute atomic E-state index is 0.144. The molecule has 2 aliphatic carbocycles. The molecular weight excluding hydrogens is 276 g/mol. The highest BCUT2D eigenvalue weighted by atomic mass is 16.2. The molecule has 0 spiro atoms. The van der Waals surface area contributed by atoms with E-state index in [2.05, 4.69) is 11.8 Å². The molecule has 0 N–H and O–H groups in total. The van der Waals surface area contributed by atoms with Crippen LogP contribution >= 0.6 is 0 Å². The van der Waals surface area contributed by atoms with E-state index in [1.54, 1.807) is 0 Å². The van der Waals surface area contributed by atoms with Crippen molar-refractivity contribution in [1.82, 2.24) is 9.80 Å². The molecule has 3 aliphatic rings. The van der Waals surface area contributed by atoms with Gasteiger partial charge in [-0.2, -0.15) is 0 Å². The second-order valence-corrected chi connectivity index (χ2v) is 7.29. The summed E-state index contributed by atoms with van der Waals surface area (Å²) in [5.41, 5.74) is 0. The molecule has 0 atom stereocenters. The Hall–Kier alpha value is -1.06. The Morgan fingerprint density at radius 2 is 1.55 bits per heavy atom. The molecule has 1 heterocycles. The van der Waals surface area contributed by atoms with Crippen LogP contribution in [0, 0.1) is 11.8 Å². The smallest absolute Gasteiger partial charge is 0.226 e. The Morgan fingerprint density at radius 1 is 0.909 bits per heavy atom. The summed E-state index contributed by atoms with van der Waals surface area (Å²) in [4.78, 5) is 29.1. The fourth-order valence-electron chi connectivity index (χ4n) is 4.16. The summed E-state index contributed by atoms with van der Waals surface area (Å²) in [6, 6.07) is 0.470. The molecule has 124 valence electrons. The molecule has 0 radical (unpaired) electrons. The highest BCUT2D eigenvalue weighted by Crippen LogP contribution is 2.33. The lowest BCUT2D eigenvalue weighted by atomic mass is 9.90. The molecule has 0 aromatic rings. The molecule has 2 amide bonds. The van der Waals surface area contributed by atoms with Crippen molar-refractivity contribution in [2.45, 2.75) is 70.8 Å². The van der Waals surface area contributed by atoms with Gasteiger partial charge in [0.25, 0.3) is 0 Å². The number of likely N-dealkylation sites (tertiary alicyclic amines) is 1. The van der Waals surface area contributed by atoms with Gasteiger partial charge in [-0.15, -0.1) is 0 Å². The van der Waals surface area contributed by atoms with Crippen LogP contribution in [0.5, 0.6) is 0 Å². The van der Waals surface area contributed by atoms with E-state index in [0.29, 0.717) is 23.8 Å². The predicted octanol–water partition coefficient (Wildman–Crippen LogP) is 2.82. The standard InChI is InChI=1S/C18H30N2O2/c1-2-20(16-6-4-3-5-7-16)18(22)15-10-12-19(13-11-15)17(21)14-8-9-14/h14-16H,2-13H2,1H3. The van der Waals surface area contributed by atoms with Crippen LogP contribution in [0.3, 0.4) is 0 Å². The molecule has 22 heavy (non-hydrogen) atoms. The average Bonchev–Trinajstić information content (AvgIpc) is 3.41. The van der Waals surface area contributed by atoms with E-state index < -0.39 is 0 Å². The van der Waals surface area contributed by atoms with Crippen molar-refractivity contribution in [3.8, 4) is 0 Å². The van der Waals surface area contributed by atoms with Gasteiger partial charge in [0.1, 0.15) is 0 Å². The monoisotopic (exact) mass is 306 g/mol. The molecule has 0 aromatic carbocycles. The van der Waals surface area contributed by atoms with Gasteiger partial charge >= 0.3 is 0 Å². The van der Waals surface area contributed by atoms with Gasteiger partial charge in [0, 0.05) is 37.5 Å². The van der Waals surface area contributed by atoms with Crippen LogP contribution in [0.2, 0.25) is 0 Å². The number of hydrogen-bond acceptors (Lipinski definition) is 2. The first kappa shape index (κ1) is 15.8. The fourth-order valence-corrected chi connectivity index (χ4v) is 4.16. The third kappa shape index (κ3) is 3.47. The number of nitrogens with zero attached hydrogens (tertiary/aromatic N) is 2. The minimum Gasteiger partial charge on any atom is -0.342 e. The number of carbonyl (C=O) groups is 2. The van der Waals surface area contributed by atoms with Crippen LogP contribution in [0.25, 0.3) is 0 Å². The lowest BCUT2D eigenvalue weighted by molar-refractivity contribution is -0.143. The molecule has 4 nitrogen and oxygen atoms in total. The van der Waals surface area contributed by atoms with Gasteiger partial charge in [-0.05, 0) is 45.4 Å². The topological polar surface area (TPSA) is 40.6 Å². The van der Waals surface area contributed by atoms with E-state index in [1.165, 1.54) is 32.1 Å². The van der Waals surface area contributed by atoms with Crippen molar-refractivity contribution in [2.75, 3.05) is 19.6 Å². The number of amides is 2. The zero-order valence-corrected chi connectivity index (χ0v) is 13.9. The molecule has 2 saturated carbocycles. The predicted molar refractivity (Wildman–Crippen MR) is 86.3 cm³/mol. The van der Waals surface area contributed by atoms with E-state index in [0.717, 1.165) is 45.3 Å². The van der Waals surface area contributed by atoms with E-state index in [-0.39, 0.29) is 5.92 Å². The van der Waals surface area contributed by atoms with Crippen LogP contribution in [0.15, 0.2) is 0 Å². The molecule has 0 unspecified atom stereocenters. The first-order valence-corrected chi connectivity index (χ1v) is 9.30. The summed E-state index contributed by atoms with van der Waals surface area (Å²) in [6.45, 7) is 4.52. The Labute approximate surface area is 134 Å². The highest BCUT2D eigenvalue weighted by molar-refractivity contribution is 5.82. The van der Waals surface area contributed by atoms with Gasteiger partial charge in [-0.1, -0.05) is 19.3 Å². The van der Waals surface area contributed by atoms with Crippen molar-refractivity contribution in [2.24, 2.45) is 11.8 Å². The fraction of sp³-hybridized carbons (Fsp3) is 0.889. The minimum atomic E-state index is 0.144. The van der Waals surface area contributed by atoms with Gasteiger partial charge in [0.05, 0.1) is 0 Å². The first-order chi connectivity index (χ1) is 10.7. The summed E-state index contributed by atoms with van der Waals surface area (Å²) in [5.74, 6) is 1.14. The third-order valence-corrected chi connectivity index (χ3v) is 5.72. The van der Waals surface area contributed by atoms with Gasteiger partial charge in [0.15, 0.2) is 0 Å². The van der Waals surface area contributed by atoms with E-state index in [1.807, 2.05) is 4.90 Å². The quantitative estimate of drug-likeness (QED) is 0.801. The molecule has 3 fully saturated rings. The van der Waals surface area contributed by atoms with E-state index >= 15 is 0 Å². The van der Waals surface area contributed by atoms with Crippen LogP contribution < -0.4 is 0 Å². The van der Waals surface area contributed by atoms with Crippen molar-refractivity contribution in [3.05, 3.63) is 0 Å². The maximum absolute atomic E-state index is 12.9. The van der Waals surface area contributed by atoms with Crippen molar-refractivity contribution in [1.29, 1.82) is 0 Å². The number of piperidine rings is 1. The maximum atomic E-state index is 12.9. The zero-order chi connectivity index (χ0) is 15.5. The normalized spacial score (nSPS) is 24.3. The number of hydrogen-bond donors (Lipinski definition) is 0. The Bertz CT molecular complexity index is 405. The van der Waals surface area contributed by atoms with Gasteiger partial charge in [-0.25, -0.2) is 0 Å². The lowest BCUT2D eigenvalue weighted by Crippen LogP contribution is -2.48. The molecule has 1 aliphatic heterocycles. The summed E-state index contributed by atoms with van der Waals surface area (Å²) in [6.07, 6.45) is 10.1. The molecule has 1 saturated heterocycles. The molecule has 0 aromatic heterocycles. The summed E-state index contributed by atoms with van der Waals surface area (Å²) in [7, 11) is 0. The molecule has 4 heteroatoms. The third-order valence-electron chi connectivity index (χ3n) is 5.72. The molecular formula is C18H30N2O2. The maximum Gasteiger partial charge on any atom is 0.226 e. The second-order valence-electron chi connectivity index (χ2n) is 7.29. The van der Waals surface area contributed by atoms with Crippen molar-refractivity contribution < 1.29 is 9.59 Å². The molecule has 3 rings (SSSR count). The summed E-state index contributed by atoms with van der Waals surface area (Å²) >= 11 is 0. The largest absolute Gasteiger partial charge is 0.342 e. The second kappa shape index (κ2) is 7.01. The lowest BCUT2D eigenvalue weighted by Gasteiger charge is -2.38. The van der Waals surface area contributed by atoms with Crippen LogP contribution in [-0.4, -0.2) is 47.3 Å². The van der Waals surface area contributed by atoms with E-state index in [9.17, 15) is 9.59 Å². The summed E-state index contributed by atoms with van der Waals surface area (Å²) < 4.78 is 0. The Balaban J connectivity index is 1.52. The SMILES string of the molecule is CCN(C(=O)C1CCN(C(=O)C2CC2)CC1)C1CCCCC1. The Kier molecular flexibility index (Phi) is 5.04. The van der Waals surface area contributed by atoms with Gasteiger partial charge in [-0.3, -0.25) is 9.59 Å². The first-order valence-electron chi connectivity index (χ1n) is 9.30. The zero-order valence-electron chi connectivity index (χ0n) is 13.9. The van der Waals surface area contributed by atoms with Gasteiger partial charge < -0.3 is 9.80 Å². The van der Waals surface area contributed by atoms with Crippen LogP contribution in [-0.2, 0) is 9.59 Å². The number of carbonyl (C=O) groups excluding carboxylic acids is 2. The van der Waals surface area contributed by atoms with Crippen LogP contribution in [0.4, 0.5) is 0 Å². The van der Waals surface area contributed by atoms with E-state index in [4.69, 9.17) is 0 Å². The highest BCUT2D eigenvalue weighted by Gasteiger charge is 2.37. The average molecular weight is 306 g/mol. The van der Waals surface area contributed by atoms with Crippen molar-refractivity contribution in [3.63, 3.8) is 0 Å². The van der Waals surface area contributed by atoms with Crippen molar-refractivity contribution >= 4 is 11.8 Å². The van der Waals surface area contributed by atoms with Gasteiger partial charge in [0.2, 0.25) is 11.8 Å². The molecule has 0 bridgehead atoms. The summed E-state index contributed by atoms with van der Waals surface area (Å²) in [5, 5.41) is 0. The number of rotatable bonds is 4. The Morgan fingerprint density at radius 3 is 2.09 bits per heavy atom. The van der Waals surface area contributed by atoms with Crippen LogP contribution in [0.1, 0.15) is 64.7 Å².